The fourth-order valence-corrected chi connectivity index (χ4v) is 2.47. The highest BCUT2D eigenvalue weighted by molar-refractivity contribution is 5.70. The van der Waals surface area contributed by atoms with Crippen molar-refractivity contribution in [2.45, 2.75) is 73.3 Å². The number of ether oxygens (including phenoxy) is 1. The Morgan fingerprint density at radius 1 is 1.06 bits per heavy atom. The first kappa shape index (κ1) is 17.0. The molecule has 0 spiro atoms. The van der Waals surface area contributed by atoms with Crippen LogP contribution in [0.5, 0.6) is 0 Å². The third kappa shape index (κ3) is 8.17. The Morgan fingerprint density at radius 3 is 1.94 bits per heavy atom. The van der Waals surface area contributed by atoms with Crippen LogP contribution in [0.4, 0.5) is 0 Å². The normalized spacial score (nSPS) is 13.0. The predicted molar refractivity (Wildman–Crippen MR) is 76.1 cm³/mol. The van der Waals surface area contributed by atoms with E-state index < -0.39 is 5.60 Å². The SMILES string of the molecule is C#CCC(C)(C)CC(C)(C)CC(=O)OC(C)(C)C. The second-order valence-corrected chi connectivity index (χ2v) is 7.65. The van der Waals surface area contributed by atoms with Gasteiger partial charge in [-0.2, -0.15) is 0 Å². The van der Waals surface area contributed by atoms with Gasteiger partial charge in [0.1, 0.15) is 5.60 Å². The predicted octanol–water partition coefficient (Wildman–Crippen LogP) is 4.18. The zero-order valence-electron chi connectivity index (χ0n) is 13.0. The maximum atomic E-state index is 11.9. The molecule has 0 aliphatic heterocycles. The molecule has 0 aromatic heterocycles. The molecule has 2 nitrogen and oxygen atoms in total. The molecule has 0 saturated heterocycles. The Kier molecular flexibility index (Phi) is 5.47. The molecule has 0 radical (unpaired) electrons. The van der Waals surface area contributed by atoms with Crippen molar-refractivity contribution < 1.29 is 9.53 Å². The molecule has 104 valence electrons. The summed E-state index contributed by atoms with van der Waals surface area (Å²) >= 11 is 0. The van der Waals surface area contributed by atoms with Crippen LogP contribution in [0.1, 0.15) is 67.7 Å². The van der Waals surface area contributed by atoms with E-state index in [9.17, 15) is 4.79 Å². The smallest absolute Gasteiger partial charge is 0.306 e. The maximum Gasteiger partial charge on any atom is 0.306 e. The van der Waals surface area contributed by atoms with Gasteiger partial charge < -0.3 is 4.74 Å². The number of rotatable bonds is 5. The van der Waals surface area contributed by atoms with E-state index in [-0.39, 0.29) is 16.8 Å². The molecule has 0 heterocycles. The van der Waals surface area contributed by atoms with Crippen molar-refractivity contribution in [1.29, 1.82) is 0 Å². The van der Waals surface area contributed by atoms with Crippen LogP contribution in [-0.4, -0.2) is 11.6 Å². The van der Waals surface area contributed by atoms with Crippen LogP contribution in [0.15, 0.2) is 0 Å². The molecule has 0 bridgehead atoms. The lowest BCUT2D eigenvalue weighted by Gasteiger charge is -2.34. The minimum Gasteiger partial charge on any atom is -0.460 e. The summed E-state index contributed by atoms with van der Waals surface area (Å²) in [5, 5.41) is 0. The highest BCUT2D eigenvalue weighted by atomic mass is 16.6. The van der Waals surface area contributed by atoms with E-state index in [0.29, 0.717) is 6.42 Å². The molecular formula is C16H28O2. The first-order valence-electron chi connectivity index (χ1n) is 6.52. The Morgan fingerprint density at radius 2 is 1.56 bits per heavy atom. The van der Waals surface area contributed by atoms with E-state index in [1.54, 1.807) is 0 Å². The van der Waals surface area contributed by atoms with Gasteiger partial charge in [0.25, 0.3) is 0 Å². The van der Waals surface area contributed by atoms with E-state index in [4.69, 9.17) is 11.2 Å². The van der Waals surface area contributed by atoms with Crippen molar-refractivity contribution >= 4 is 5.97 Å². The molecular weight excluding hydrogens is 224 g/mol. The molecule has 0 aromatic rings. The van der Waals surface area contributed by atoms with Crippen molar-refractivity contribution in [1.82, 2.24) is 0 Å². The highest BCUT2D eigenvalue weighted by Crippen LogP contribution is 2.38. The third-order valence-corrected chi connectivity index (χ3v) is 2.58. The Hall–Kier alpha value is -0.970. The van der Waals surface area contributed by atoms with Gasteiger partial charge in [0, 0.05) is 6.42 Å². The summed E-state index contributed by atoms with van der Waals surface area (Å²) in [6.45, 7) is 14.1. The van der Waals surface area contributed by atoms with Gasteiger partial charge in [-0.3, -0.25) is 4.79 Å². The third-order valence-electron chi connectivity index (χ3n) is 2.58. The first-order chi connectivity index (χ1) is 7.87. The van der Waals surface area contributed by atoms with E-state index in [2.05, 4.69) is 33.6 Å². The van der Waals surface area contributed by atoms with Gasteiger partial charge in [-0.25, -0.2) is 0 Å². The molecule has 0 rings (SSSR count). The molecule has 0 atom stereocenters. The zero-order chi connectivity index (χ0) is 14.6. The number of esters is 1. The zero-order valence-corrected chi connectivity index (χ0v) is 13.0. The summed E-state index contributed by atoms with van der Waals surface area (Å²) in [4.78, 5) is 11.9. The summed E-state index contributed by atoms with van der Waals surface area (Å²) in [6, 6.07) is 0. The Bertz CT molecular complexity index is 324. The summed E-state index contributed by atoms with van der Waals surface area (Å²) in [5.41, 5.74) is -0.454. The number of carbonyl (C=O) groups excluding carboxylic acids is 1. The van der Waals surface area contributed by atoms with E-state index in [1.807, 2.05) is 20.8 Å². The van der Waals surface area contributed by atoms with Crippen molar-refractivity contribution in [2.75, 3.05) is 0 Å². The van der Waals surface area contributed by atoms with Gasteiger partial charge in [-0.1, -0.05) is 27.7 Å². The fraction of sp³-hybridized carbons (Fsp3) is 0.812. The Balaban J connectivity index is 4.49. The molecule has 0 aliphatic carbocycles. The molecule has 0 aromatic carbocycles. The van der Waals surface area contributed by atoms with Crippen molar-refractivity contribution in [2.24, 2.45) is 10.8 Å². The molecule has 0 aliphatic rings. The summed E-state index contributed by atoms with van der Waals surface area (Å²) in [5.74, 6) is 2.57. The number of hydrogen-bond donors (Lipinski definition) is 0. The molecule has 0 saturated carbocycles. The second kappa shape index (κ2) is 5.78. The lowest BCUT2D eigenvalue weighted by atomic mass is 9.72. The number of carbonyl (C=O) groups is 1. The summed E-state index contributed by atoms with van der Waals surface area (Å²) in [6.07, 6.45) is 7.44. The van der Waals surface area contributed by atoms with E-state index in [1.165, 1.54) is 0 Å². The summed E-state index contributed by atoms with van der Waals surface area (Å²) < 4.78 is 5.37. The Labute approximate surface area is 112 Å². The van der Waals surface area contributed by atoms with Gasteiger partial charge >= 0.3 is 5.97 Å². The lowest BCUT2D eigenvalue weighted by Crippen LogP contribution is -2.30. The molecule has 18 heavy (non-hydrogen) atoms. The molecule has 0 fully saturated rings. The average Bonchev–Trinajstić information content (AvgIpc) is 1.93. The largest absolute Gasteiger partial charge is 0.460 e. The van der Waals surface area contributed by atoms with Gasteiger partial charge in [0.2, 0.25) is 0 Å². The van der Waals surface area contributed by atoms with Crippen LogP contribution in [0, 0.1) is 23.2 Å². The fourth-order valence-electron chi connectivity index (χ4n) is 2.47. The monoisotopic (exact) mass is 252 g/mol. The van der Waals surface area contributed by atoms with Crippen LogP contribution in [0.3, 0.4) is 0 Å². The average molecular weight is 252 g/mol. The maximum absolute atomic E-state index is 11.9. The van der Waals surface area contributed by atoms with Gasteiger partial charge in [0.15, 0.2) is 0 Å². The second-order valence-electron chi connectivity index (χ2n) is 7.65. The standard InChI is InChI=1S/C16H28O2/c1-9-10-15(5,6)12-16(7,8)11-13(17)18-14(2,3)4/h1H,10-12H2,2-8H3. The molecule has 2 heteroatoms. The van der Waals surface area contributed by atoms with Crippen molar-refractivity contribution in [3.63, 3.8) is 0 Å². The van der Waals surface area contributed by atoms with Gasteiger partial charge in [0.05, 0.1) is 6.42 Å². The lowest BCUT2D eigenvalue weighted by molar-refractivity contribution is -0.157. The van der Waals surface area contributed by atoms with Crippen molar-refractivity contribution in [3.05, 3.63) is 0 Å². The van der Waals surface area contributed by atoms with Crippen molar-refractivity contribution in [3.8, 4) is 12.3 Å². The van der Waals surface area contributed by atoms with Crippen LogP contribution in [0.2, 0.25) is 0 Å². The topological polar surface area (TPSA) is 26.3 Å². The summed E-state index contributed by atoms with van der Waals surface area (Å²) in [7, 11) is 0. The van der Waals surface area contributed by atoms with Crippen LogP contribution in [0.25, 0.3) is 0 Å². The van der Waals surface area contributed by atoms with Gasteiger partial charge in [-0.05, 0) is 38.0 Å². The van der Waals surface area contributed by atoms with Crippen LogP contribution in [-0.2, 0) is 9.53 Å². The van der Waals surface area contributed by atoms with E-state index >= 15 is 0 Å². The minimum atomic E-state index is -0.415. The number of hydrogen-bond acceptors (Lipinski definition) is 2. The first-order valence-corrected chi connectivity index (χ1v) is 6.52. The van der Waals surface area contributed by atoms with Crippen LogP contribution < -0.4 is 0 Å². The van der Waals surface area contributed by atoms with E-state index in [0.717, 1.165) is 12.8 Å². The minimum absolute atomic E-state index is 0.0558. The quantitative estimate of drug-likeness (QED) is 0.542. The van der Waals surface area contributed by atoms with Gasteiger partial charge in [-0.15, -0.1) is 12.3 Å². The highest BCUT2D eigenvalue weighted by Gasteiger charge is 2.31. The number of terminal acetylenes is 1. The molecule has 0 unspecified atom stereocenters. The molecule has 0 amide bonds. The molecule has 0 N–H and O–H groups in total. The van der Waals surface area contributed by atoms with Crippen LogP contribution >= 0.6 is 0 Å².